The molecule has 9 nitrogen and oxygen atoms in total. The van der Waals surface area contributed by atoms with Gasteiger partial charge in [-0.05, 0) is 12.8 Å². The van der Waals surface area contributed by atoms with Crippen LogP contribution in [0.1, 0.15) is 116 Å². The van der Waals surface area contributed by atoms with Crippen molar-refractivity contribution in [2.24, 2.45) is 0 Å². The molecule has 238 valence electrons. The number of unbranched alkanes of at least 4 members (excludes halogenated alkanes) is 13. The zero-order valence-electron chi connectivity index (χ0n) is 25.6. The maximum absolute atomic E-state index is 11.3. The van der Waals surface area contributed by atoms with Crippen molar-refractivity contribution in [3.8, 4) is 0 Å². The summed E-state index contributed by atoms with van der Waals surface area (Å²) < 4.78 is 27.5. The number of rotatable bonds is 34. The first-order chi connectivity index (χ1) is 19.7. The first-order valence-electron chi connectivity index (χ1n) is 16.0. The van der Waals surface area contributed by atoms with Crippen molar-refractivity contribution in [1.29, 1.82) is 0 Å². The molecule has 0 rings (SSSR count). The van der Waals surface area contributed by atoms with Gasteiger partial charge in [0.05, 0.1) is 59.3 Å². The van der Waals surface area contributed by atoms with Gasteiger partial charge in [-0.3, -0.25) is 9.59 Å². The molecule has 0 unspecified atom stereocenters. The lowest BCUT2D eigenvalue weighted by Crippen LogP contribution is -2.25. The van der Waals surface area contributed by atoms with E-state index >= 15 is 0 Å². The third kappa shape index (κ3) is 34.8. The Bertz CT molecular complexity index is 535. The van der Waals surface area contributed by atoms with Gasteiger partial charge < -0.3 is 34.1 Å². The Labute approximate surface area is 244 Å². The van der Waals surface area contributed by atoms with Crippen molar-refractivity contribution in [2.45, 2.75) is 116 Å². The normalized spacial score (nSPS) is 11.2. The topological polar surface area (TPSA) is 113 Å². The van der Waals surface area contributed by atoms with Gasteiger partial charge in [0.25, 0.3) is 0 Å². The van der Waals surface area contributed by atoms with Gasteiger partial charge >= 0.3 is 5.97 Å². The van der Waals surface area contributed by atoms with Gasteiger partial charge in [0.15, 0.2) is 0 Å². The molecule has 0 aliphatic heterocycles. The molecule has 0 aromatic heterocycles. The van der Waals surface area contributed by atoms with Crippen LogP contribution in [0, 0.1) is 0 Å². The van der Waals surface area contributed by atoms with Crippen molar-refractivity contribution in [3.05, 3.63) is 0 Å². The number of ether oxygens (including phenoxy) is 5. The van der Waals surface area contributed by atoms with E-state index in [2.05, 4.69) is 12.2 Å². The van der Waals surface area contributed by atoms with Crippen molar-refractivity contribution < 1.29 is 38.4 Å². The molecule has 0 aliphatic carbocycles. The van der Waals surface area contributed by atoms with Crippen molar-refractivity contribution >= 4 is 11.9 Å². The summed E-state index contributed by atoms with van der Waals surface area (Å²) in [6.45, 7) is 8.41. The van der Waals surface area contributed by atoms with E-state index < -0.39 is 5.97 Å². The molecule has 1 amide bonds. The minimum Gasteiger partial charge on any atom is -0.481 e. The number of hydrogen-bond acceptors (Lipinski definition) is 7. The predicted octanol–water partition coefficient (Wildman–Crippen LogP) is 5.92. The van der Waals surface area contributed by atoms with Crippen LogP contribution in [0.2, 0.25) is 0 Å². The lowest BCUT2D eigenvalue weighted by atomic mass is 10.0. The minimum atomic E-state index is -0.969. The Hall–Kier alpha value is -1.26. The van der Waals surface area contributed by atoms with Crippen LogP contribution in [0.5, 0.6) is 0 Å². The second-order valence-corrected chi connectivity index (χ2v) is 10.3. The van der Waals surface area contributed by atoms with Crippen LogP contribution in [0.25, 0.3) is 0 Å². The van der Waals surface area contributed by atoms with Crippen molar-refractivity contribution in [1.82, 2.24) is 5.32 Å². The average molecular weight is 576 g/mol. The summed E-state index contributed by atoms with van der Waals surface area (Å²) in [5.74, 6) is -1.22. The number of carbonyl (C=O) groups excluding carboxylic acids is 1. The van der Waals surface area contributed by atoms with E-state index in [9.17, 15) is 9.59 Å². The van der Waals surface area contributed by atoms with Crippen LogP contribution in [0.15, 0.2) is 0 Å². The molecule has 0 atom stereocenters. The Kier molecular flexibility index (Phi) is 32.9. The minimum absolute atomic E-state index is 0.00618. The lowest BCUT2D eigenvalue weighted by Gasteiger charge is -2.08. The molecule has 2 N–H and O–H groups in total. The van der Waals surface area contributed by atoms with Gasteiger partial charge in [-0.15, -0.1) is 0 Å². The Morgan fingerprint density at radius 1 is 0.475 bits per heavy atom. The number of carboxylic acids is 1. The fourth-order valence-corrected chi connectivity index (χ4v) is 4.09. The Morgan fingerprint density at radius 3 is 1.23 bits per heavy atom. The van der Waals surface area contributed by atoms with Crippen molar-refractivity contribution in [3.63, 3.8) is 0 Å². The standard InChI is InChI=1S/C31H61NO8/c1-2-3-4-5-6-7-8-9-10-11-12-13-14-15-20-36-22-24-38-26-28-40-29-27-39-25-23-37-21-16-19-32-30(33)17-18-31(34)35/h2-29H2,1H3,(H,32,33)(H,34,35). The molecular weight excluding hydrogens is 514 g/mol. The van der Waals surface area contributed by atoms with Crippen LogP contribution < -0.4 is 5.32 Å². The van der Waals surface area contributed by atoms with Gasteiger partial charge in [-0.25, -0.2) is 0 Å². The average Bonchev–Trinajstić information content (AvgIpc) is 2.94. The lowest BCUT2D eigenvalue weighted by molar-refractivity contribution is -0.138. The third-order valence-corrected chi connectivity index (χ3v) is 6.48. The second-order valence-electron chi connectivity index (χ2n) is 10.3. The fraction of sp³-hybridized carbons (Fsp3) is 0.935. The maximum Gasteiger partial charge on any atom is 0.303 e. The molecule has 0 radical (unpaired) electrons. The molecule has 0 aromatic carbocycles. The summed E-state index contributed by atoms with van der Waals surface area (Å²) in [4.78, 5) is 21.7. The van der Waals surface area contributed by atoms with Gasteiger partial charge in [0.1, 0.15) is 0 Å². The largest absolute Gasteiger partial charge is 0.481 e. The molecule has 40 heavy (non-hydrogen) atoms. The summed E-state index contributed by atoms with van der Waals surface area (Å²) in [6.07, 6.45) is 19.7. The molecule has 0 saturated carbocycles. The van der Waals surface area contributed by atoms with Gasteiger partial charge in [-0.2, -0.15) is 0 Å². The summed E-state index contributed by atoms with van der Waals surface area (Å²) >= 11 is 0. The highest BCUT2D eigenvalue weighted by Gasteiger charge is 2.04. The van der Waals surface area contributed by atoms with E-state index in [-0.39, 0.29) is 18.7 Å². The van der Waals surface area contributed by atoms with Crippen LogP contribution in [0.4, 0.5) is 0 Å². The SMILES string of the molecule is CCCCCCCCCCCCCCCCOCCOCCOCCOCCOCCCNC(=O)CCC(=O)O. The summed E-state index contributed by atoms with van der Waals surface area (Å²) in [5.41, 5.74) is 0. The fourth-order valence-electron chi connectivity index (χ4n) is 4.09. The van der Waals surface area contributed by atoms with Crippen LogP contribution in [-0.4, -0.2) is 89.6 Å². The molecule has 0 spiro atoms. The first-order valence-corrected chi connectivity index (χ1v) is 16.0. The summed E-state index contributed by atoms with van der Waals surface area (Å²) in [5, 5.41) is 11.2. The van der Waals surface area contributed by atoms with E-state index in [0.29, 0.717) is 72.4 Å². The number of aliphatic carboxylic acids is 1. The predicted molar refractivity (Wildman–Crippen MR) is 159 cm³/mol. The van der Waals surface area contributed by atoms with Crippen molar-refractivity contribution in [2.75, 3.05) is 72.6 Å². The smallest absolute Gasteiger partial charge is 0.303 e. The van der Waals surface area contributed by atoms with Gasteiger partial charge in [-0.1, -0.05) is 90.4 Å². The van der Waals surface area contributed by atoms with E-state index in [1.807, 2.05) is 0 Å². The number of carboxylic acid groups (broad SMARTS) is 1. The van der Waals surface area contributed by atoms with Crippen LogP contribution in [0.3, 0.4) is 0 Å². The highest BCUT2D eigenvalue weighted by Crippen LogP contribution is 2.12. The number of carbonyl (C=O) groups is 2. The van der Waals surface area contributed by atoms with E-state index in [1.54, 1.807) is 0 Å². The Balaban J connectivity index is 3.07. The van der Waals surface area contributed by atoms with Crippen LogP contribution >= 0.6 is 0 Å². The summed E-state index contributed by atoms with van der Waals surface area (Å²) in [6, 6.07) is 0. The maximum atomic E-state index is 11.3. The quantitative estimate of drug-likeness (QED) is 0.0909. The second kappa shape index (κ2) is 33.9. The molecule has 0 aromatic rings. The summed E-state index contributed by atoms with van der Waals surface area (Å²) in [7, 11) is 0. The van der Waals surface area contributed by atoms with Gasteiger partial charge in [0.2, 0.25) is 5.91 Å². The monoisotopic (exact) mass is 575 g/mol. The number of amides is 1. The highest BCUT2D eigenvalue weighted by molar-refractivity contribution is 5.80. The Morgan fingerprint density at radius 2 is 0.825 bits per heavy atom. The van der Waals surface area contributed by atoms with Gasteiger partial charge in [0, 0.05) is 26.2 Å². The third-order valence-electron chi connectivity index (χ3n) is 6.48. The highest BCUT2D eigenvalue weighted by atomic mass is 16.6. The van der Waals surface area contributed by atoms with Crippen LogP contribution in [-0.2, 0) is 33.3 Å². The molecule has 0 fully saturated rings. The molecule has 0 heterocycles. The zero-order chi connectivity index (χ0) is 29.2. The molecule has 0 bridgehead atoms. The molecular formula is C31H61NO8. The van der Waals surface area contributed by atoms with E-state index in [4.69, 9.17) is 28.8 Å². The number of nitrogens with one attached hydrogen (secondary N) is 1. The molecule has 9 heteroatoms. The molecule has 0 aliphatic rings. The first kappa shape index (κ1) is 38.7. The van der Waals surface area contributed by atoms with E-state index in [1.165, 1.54) is 83.5 Å². The zero-order valence-corrected chi connectivity index (χ0v) is 25.6. The van der Waals surface area contributed by atoms with E-state index in [0.717, 1.165) is 13.0 Å². The number of hydrogen-bond donors (Lipinski definition) is 2. The molecule has 0 saturated heterocycles.